The van der Waals surface area contributed by atoms with E-state index in [9.17, 15) is 13.2 Å². The summed E-state index contributed by atoms with van der Waals surface area (Å²) in [6.45, 7) is 4.50. The molecule has 0 unspecified atom stereocenters. The maximum atomic E-state index is 13.1. The number of alkyl halides is 3. The second-order valence-electron chi connectivity index (χ2n) is 8.77. The van der Waals surface area contributed by atoms with Gasteiger partial charge in [0, 0.05) is 42.1 Å². The predicted molar refractivity (Wildman–Crippen MR) is 125 cm³/mol. The molecule has 176 valence electrons. The summed E-state index contributed by atoms with van der Waals surface area (Å²) in [6, 6.07) is 6.97. The quantitative estimate of drug-likeness (QED) is 0.546. The van der Waals surface area contributed by atoms with Crippen LogP contribution in [0.15, 0.2) is 41.4 Å². The van der Waals surface area contributed by atoms with Crippen molar-refractivity contribution in [2.24, 2.45) is 10.9 Å². The molecule has 1 aliphatic heterocycles. The summed E-state index contributed by atoms with van der Waals surface area (Å²) < 4.78 is 42.7. The average Bonchev–Trinajstić information content (AvgIpc) is 3.42. The summed E-state index contributed by atoms with van der Waals surface area (Å²) in [5, 5.41) is 20.9. The van der Waals surface area contributed by atoms with Gasteiger partial charge in [0.15, 0.2) is 5.82 Å². The van der Waals surface area contributed by atoms with Crippen LogP contribution < -0.4 is 5.32 Å². The van der Waals surface area contributed by atoms with Gasteiger partial charge in [-0.3, -0.25) is 5.41 Å². The van der Waals surface area contributed by atoms with Crippen molar-refractivity contribution in [3.8, 4) is 11.3 Å². The Labute approximate surface area is 194 Å². The molecule has 1 saturated carbocycles. The van der Waals surface area contributed by atoms with E-state index in [4.69, 9.17) is 10.5 Å². The Balaban J connectivity index is 1.56. The first kappa shape index (κ1) is 22.1. The minimum Gasteiger partial charge on any atom is -0.325 e. The molecule has 3 aromatic rings. The van der Waals surface area contributed by atoms with Gasteiger partial charge >= 0.3 is 6.18 Å². The Morgan fingerprint density at radius 1 is 1.12 bits per heavy atom. The molecule has 2 aliphatic rings. The zero-order valence-electron chi connectivity index (χ0n) is 18.8. The summed E-state index contributed by atoms with van der Waals surface area (Å²) in [5.74, 6) is 1.82. The Hall–Kier alpha value is -3.69. The summed E-state index contributed by atoms with van der Waals surface area (Å²) >= 11 is 0. The van der Waals surface area contributed by atoms with E-state index in [-0.39, 0.29) is 5.84 Å². The standard InChI is InChI=1S/C24H24F3N7/c1-14-11-15(2)34(31-14)21-12-20(28)30-23-19(9-10-29-21)22(32-33(23)13-16-3-4-16)17-5-7-18(8-6-17)24(25,26)27/h5-8,10-12,16H,3-4,9,13H2,1-2H3,(H2,28,30)/b21-12+,29-10-. The topological polar surface area (TPSA) is 83.9 Å². The lowest BCUT2D eigenvalue weighted by atomic mass is 10.0. The maximum Gasteiger partial charge on any atom is 0.416 e. The summed E-state index contributed by atoms with van der Waals surface area (Å²) in [5.41, 5.74) is 3.01. The highest BCUT2D eigenvalue weighted by Gasteiger charge is 2.31. The highest BCUT2D eigenvalue weighted by molar-refractivity contribution is 6.05. The number of hydrogen-bond donors (Lipinski definition) is 2. The molecule has 2 aromatic heterocycles. The van der Waals surface area contributed by atoms with E-state index in [0.717, 1.165) is 41.9 Å². The lowest BCUT2D eigenvalue weighted by Crippen LogP contribution is -2.15. The summed E-state index contributed by atoms with van der Waals surface area (Å²) in [6.07, 6.45) is 1.57. The molecule has 1 fully saturated rings. The second kappa shape index (κ2) is 8.27. The number of aryl methyl sites for hydroxylation is 2. The van der Waals surface area contributed by atoms with Gasteiger partial charge in [-0.2, -0.15) is 23.4 Å². The fourth-order valence-electron chi connectivity index (χ4n) is 4.10. The number of anilines is 1. The van der Waals surface area contributed by atoms with Gasteiger partial charge in [0.2, 0.25) is 0 Å². The minimum absolute atomic E-state index is 0.124. The van der Waals surface area contributed by atoms with Crippen LogP contribution in [0.25, 0.3) is 17.1 Å². The third-order valence-corrected chi connectivity index (χ3v) is 5.94. The van der Waals surface area contributed by atoms with Crippen molar-refractivity contribution in [3.05, 3.63) is 58.9 Å². The third-order valence-electron chi connectivity index (χ3n) is 5.94. The highest BCUT2D eigenvalue weighted by Crippen LogP contribution is 2.36. The molecule has 7 nitrogen and oxygen atoms in total. The van der Waals surface area contributed by atoms with Crippen LogP contribution in [0.3, 0.4) is 0 Å². The first-order valence-corrected chi connectivity index (χ1v) is 11.1. The van der Waals surface area contributed by atoms with Gasteiger partial charge in [-0.15, -0.1) is 0 Å². The van der Waals surface area contributed by atoms with E-state index in [1.165, 1.54) is 12.1 Å². The van der Waals surface area contributed by atoms with Gasteiger partial charge in [0.05, 0.1) is 17.0 Å². The van der Waals surface area contributed by atoms with Crippen LogP contribution in [0.2, 0.25) is 0 Å². The van der Waals surface area contributed by atoms with Crippen LogP contribution in [-0.4, -0.2) is 31.6 Å². The molecule has 0 atom stereocenters. The largest absolute Gasteiger partial charge is 0.416 e. The van der Waals surface area contributed by atoms with Crippen LogP contribution in [-0.2, 0) is 19.1 Å². The Morgan fingerprint density at radius 2 is 1.85 bits per heavy atom. The first-order chi connectivity index (χ1) is 16.2. The van der Waals surface area contributed by atoms with E-state index in [1.54, 1.807) is 17.0 Å². The lowest BCUT2D eigenvalue weighted by Gasteiger charge is -2.10. The van der Waals surface area contributed by atoms with Gasteiger partial charge in [-0.25, -0.2) is 14.4 Å². The van der Waals surface area contributed by atoms with Crippen molar-refractivity contribution in [3.63, 3.8) is 0 Å². The van der Waals surface area contributed by atoms with Crippen molar-refractivity contribution in [1.82, 2.24) is 19.6 Å². The number of halogens is 3. The number of nitrogens with one attached hydrogen (secondary N) is 2. The molecule has 0 saturated heterocycles. The SMILES string of the molecule is Cc1cc(C)n(C2=C/C(=N)Nc3c(c(-c4ccc(C(F)(F)F)cc4)nn3CC3CC3)C/C=N\2)n1. The van der Waals surface area contributed by atoms with E-state index < -0.39 is 11.7 Å². The monoisotopic (exact) mass is 467 g/mol. The minimum atomic E-state index is -4.40. The number of aliphatic imine (C=N–C) groups is 1. The van der Waals surface area contributed by atoms with Crippen molar-refractivity contribution >= 4 is 23.7 Å². The van der Waals surface area contributed by atoms with Crippen LogP contribution in [0.1, 0.15) is 35.4 Å². The van der Waals surface area contributed by atoms with E-state index in [0.29, 0.717) is 41.8 Å². The van der Waals surface area contributed by atoms with Crippen molar-refractivity contribution in [2.45, 2.75) is 45.8 Å². The molecular formula is C24H24F3N7. The highest BCUT2D eigenvalue weighted by atomic mass is 19.4. The Bertz CT molecular complexity index is 1310. The fraction of sp³-hybridized carbons (Fsp3) is 0.333. The zero-order chi connectivity index (χ0) is 24.0. The number of benzene rings is 1. The van der Waals surface area contributed by atoms with Gasteiger partial charge < -0.3 is 5.32 Å². The van der Waals surface area contributed by atoms with Crippen molar-refractivity contribution in [2.75, 3.05) is 5.32 Å². The molecule has 3 heterocycles. The van der Waals surface area contributed by atoms with Crippen LogP contribution in [0, 0.1) is 25.2 Å². The molecule has 0 bridgehead atoms. The zero-order valence-corrected chi connectivity index (χ0v) is 18.8. The van der Waals surface area contributed by atoms with E-state index >= 15 is 0 Å². The smallest absolute Gasteiger partial charge is 0.325 e. The number of rotatable bonds is 4. The third kappa shape index (κ3) is 4.40. The molecule has 0 radical (unpaired) electrons. The maximum absolute atomic E-state index is 13.1. The molecule has 1 aliphatic carbocycles. The second-order valence-corrected chi connectivity index (χ2v) is 8.77. The molecular weight excluding hydrogens is 443 g/mol. The molecule has 10 heteroatoms. The Kier molecular flexibility index (Phi) is 5.38. The van der Waals surface area contributed by atoms with Crippen LogP contribution in [0.5, 0.6) is 0 Å². The van der Waals surface area contributed by atoms with Gasteiger partial charge in [0.1, 0.15) is 11.7 Å². The van der Waals surface area contributed by atoms with Crippen LogP contribution in [0.4, 0.5) is 19.0 Å². The number of fused-ring (bicyclic) bond motifs is 1. The molecule has 0 amide bonds. The molecule has 5 rings (SSSR count). The normalized spacial score (nSPS) is 18.9. The molecule has 0 spiro atoms. The van der Waals surface area contributed by atoms with E-state index in [2.05, 4.69) is 15.4 Å². The van der Waals surface area contributed by atoms with Gasteiger partial charge in [-0.05, 0) is 50.8 Å². The molecule has 2 N–H and O–H groups in total. The number of aromatic nitrogens is 4. The van der Waals surface area contributed by atoms with Gasteiger partial charge in [0.25, 0.3) is 0 Å². The van der Waals surface area contributed by atoms with Crippen LogP contribution >= 0.6 is 0 Å². The number of amidine groups is 1. The van der Waals surface area contributed by atoms with Crippen molar-refractivity contribution < 1.29 is 13.2 Å². The number of nitrogens with zero attached hydrogens (tertiary/aromatic N) is 5. The number of hydrogen-bond acceptors (Lipinski definition) is 4. The summed E-state index contributed by atoms with van der Waals surface area (Å²) in [4.78, 5) is 4.57. The predicted octanol–water partition coefficient (Wildman–Crippen LogP) is 5.31. The summed E-state index contributed by atoms with van der Waals surface area (Å²) in [7, 11) is 0. The lowest BCUT2D eigenvalue weighted by molar-refractivity contribution is -0.137. The van der Waals surface area contributed by atoms with Crippen molar-refractivity contribution in [1.29, 1.82) is 5.41 Å². The fourth-order valence-corrected chi connectivity index (χ4v) is 4.10. The van der Waals surface area contributed by atoms with E-state index in [1.807, 2.05) is 24.6 Å². The van der Waals surface area contributed by atoms with Gasteiger partial charge in [-0.1, -0.05) is 12.1 Å². The average molecular weight is 467 g/mol. The first-order valence-electron chi connectivity index (χ1n) is 11.1. The molecule has 1 aromatic carbocycles. The molecule has 34 heavy (non-hydrogen) atoms. The Morgan fingerprint density at radius 3 is 2.47 bits per heavy atom.